The Morgan fingerprint density at radius 1 is 1.31 bits per heavy atom. The first-order chi connectivity index (χ1) is 7.65. The summed E-state index contributed by atoms with van der Waals surface area (Å²) in [5.74, 6) is 0.757. The summed E-state index contributed by atoms with van der Waals surface area (Å²) in [5.41, 5.74) is 0.970. The molecule has 0 bridgehead atoms. The van der Waals surface area contributed by atoms with Gasteiger partial charge < -0.3 is 5.32 Å². The van der Waals surface area contributed by atoms with E-state index in [4.69, 9.17) is 11.6 Å². The van der Waals surface area contributed by atoms with E-state index in [1.807, 2.05) is 20.0 Å². The maximum Gasteiger partial charge on any atom is 0.224 e. The second-order valence-corrected chi connectivity index (χ2v) is 5.05. The molecule has 4 nitrogen and oxygen atoms in total. The zero-order chi connectivity index (χ0) is 11.5. The molecule has 0 aliphatic rings. The van der Waals surface area contributed by atoms with Crippen molar-refractivity contribution < 1.29 is 0 Å². The van der Waals surface area contributed by atoms with Crippen molar-refractivity contribution in [1.82, 2.24) is 15.0 Å². The maximum atomic E-state index is 5.73. The number of halogens is 1. The number of aromatic nitrogens is 3. The quantitative estimate of drug-likeness (QED) is 0.856. The van der Waals surface area contributed by atoms with Crippen molar-refractivity contribution in [2.45, 2.75) is 20.4 Å². The fourth-order valence-electron chi connectivity index (χ4n) is 1.24. The third-order valence-corrected chi connectivity index (χ3v) is 3.11. The molecule has 0 aliphatic heterocycles. The summed E-state index contributed by atoms with van der Waals surface area (Å²) in [4.78, 5) is 13.5. The van der Waals surface area contributed by atoms with E-state index in [2.05, 4.69) is 20.3 Å². The largest absolute Gasteiger partial charge is 0.363 e. The van der Waals surface area contributed by atoms with Gasteiger partial charge in [0.05, 0.1) is 6.54 Å². The smallest absolute Gasteiger partial charge is 0.224 e. The van der Waals surface area contributed by atoms with Crippen LogP contribution in [-0.4, -0.2) is 15.0 Å². The molecule has 6 heteroatoms. The number of thiazole rings is 1. The summed E-state index contributed by atoms with van der Waals surface area (Å²) in [7, 11) is 0. The van der Waals surface area contributed by atoms with Crippen molar-refractivity contribution in [2.75, 3.05) is 5.32 Å². The first kappa shape index (κ1) is 11.3. The van der Waals surface area contributed by atoms with Crippen LogP contribution in [0.3, 0.4) is 0 Å². The van der Waals surface area contributed by atoms with Gasteiger partial charge in [-0.1, -0.05) is 0 Å². The van der Waals surface area contributed by atoms with Crippen LogP contribution in [0.25, 0.3) is 0 Å². The van der Waals surface area contributed by atoms with Gasteiger partial charge >= 0.3 is 0 Å². The fraction of sp³-hybridized carbons (Fsp3) is 0.300. The van der Waals surface area contributed by atoms with Gasteiger partial charge in [-0.3, -0.25) is 0 Å². The highest BCUT2D eigenvalue weighted by Crippen LogP contribution is 2.16. The van der Waals surface area contributed by atoms with E-state index in [0.717, 1.165) is 16.4 Å². The molecule has 0 unspecified atom stereocenters. The van der Waals surface area contributed by atoms with E-state index in [0.29, 0.717) is 6.54 Å². The van der Waals surface area contributed by atoms with Gasteiger partial charge in [0.2, 0.25) is 5.28 Å². The topological polar surface area (TPSA) is 50.7 Å². The molecule has 0 atom stereocenters. The molecule has 16 heavy (non-hydrogen) atoms. The minimum atomic E-state index is 0.253. The summed E-state index contributed by atoms with van der Waals surface area (Å²) in [5, 5.41) is 4.48. The van der Waals surface area contributed by atoms with Crippen molar-refractivity contribution in [3.8, 4) is 0 Å². The molecule has 1 N–H and O–H groups in total. The Bertz CT molecular complexity index is 497. The molecule has 2 aromatic rings. The molecular formula is C10H11ClN4S. The van der Waals surface area contributed by atoms with E-state index >= 15 is 0 Å². The normalized spacial score (nSPS) is 10.4. The van der Waals surface area contributed by atoms with Gasteiger partial charge in [-0.15, -0.1) is 11.3 Å². The highest BCUT2D eigenvalue weighted by atomic mass is 35.5. The summed E-state index contributed by atoms with van der Waals surface area (Å²) in [6, 6.07) is 0. The van der Waals surface area contributed by atoms with Crippen LogP contribution in [0, 0.1) is 13.8 Å². The molecule has 84 valence electrons. The number of nitrogens with zero attached hydrogens (tertiary/aromatic N) is 3. The molecule has 0 saturated carbocycles. The van der Waals surface area contributed by atoms with E-state index in [1.165, 1.54) is 4.88 Å². The molecule has 0 fully saturated rings. The summed E-state index contributed by atoms with van der Waals surface area (Å²) in [6.07, 6.45) is 3.56. The molecule has 0 aromatic carbocycles. The molecule has 0 aliphatic carbocycles. The van der Waals surface area contributed by atoms with Crippen LogP contribution in [0.2, 0.25) is 5.28 Å². The fourth-order valence-corrected chi connectivity index (χ4v) is 2.10. The zero-order valence-corrected chi connectivity index (χ0v) is 10.6. The Labute approximate surface area is 103 Å². The van der Waals surface area contributed by atoms with Crippen LogP contribution in [0.5, 0.6) is 0 Å². The molecule has 0 amide bonds. The van der Waals surface area contributed by atoms with Gasteiger partial charge in [0.25, 0.3) is 0 Å². The maximum absolute atomic E-state index is 5.73. The Kier molecular flexibility index (Phi) is 3.36. The lowest BCUT2D eigenvalue weighted by Crippen LogP contribution is -2.03. The first-order valence-electron chi connectivity index (χ1n) is 4.79. The van der Waals surface area contributed by atoms with Crippen LogP contribution in [0.1, 0.15) is 15.4 Å². The highest BCUT2D eigenvalue weighted by Gasteiger charge is 2.03. The third-order valence-electron chi connectivity index (χ3n) is 2.02. The third kappa shape index (κ3) is 2.68. The van der Waals surface area contributed by atoms with Crippen LogP contribution in [0.15, 0.2) is 12.4 Å². The van der Waals surface area contributed by atoms with Gasteiger partial charge in [0, 0.05) is 22.8 Å². The Morgan fingerprint density at radius 3 is 2.81 bits per heavy atom. The van der Waals surface area contributed by atoms with Gasteiger partial charge in [-0.25, -0.2) is 15.0 Å². The minimum absolute atomic E-state index is 0.253. The number of hydrogen-bond donors (Lipinski definition) is 1. The molecule has 0 saturated heterocycles. The van der Waals surface area contributed by atoms with Crippen molar-refractivity contribution in [2.24, 2.45) is 0 Å². The van der Waals surface area contributed by atoms with Gasteiger partial charge in [-0.2, -0.15) is 0 Å². The second-order valence-electron chi connectivity index (χ2n) is 3.39. The Balaban J connectivity index is 2.07. The standard InChI is InChI=1S/C10H11ClN4S/c1-6-3-14-10(11)15-9(6)13-5-8-12-4-7(2)16-8/h3-4H,5H2,1-2H3,(H,13,14,15). The highest BCUT2D eigenvalue weighted by molar-refractivity contribution is 7.11. The monoisotopic (exact) mass is 254 g/mol. The summed E-state index contributed by atoms with van der Waals surface area (Å²) >= 11 is 7.39. The minimum Gasteiger partial charge on any atom is -0.363 e. The van der Waals surface area contributed by atoms with Crippen LogP contribution in [0.4, 0.5) is 5.82 Å². The summed E-state index contributed by atoms with van der Waals surface area (Å²) < 4.78 is 0. The lowest BCUT2D eigenvalue weighted by atomic mass is 10.3. The van der Waals surface area contributed by atoms with Gasteiger partial charge in [0.1, 0.15) is 10.8 Å². The molecule has 0 radical (unpaired) electrons. The first-order valence-corrected chi connectivity index (χ1v) is 5.99. The lowest BCUT2D eigenvalue weighted by Gasteiger charge is -2.06. The van der Waals surface area contributed by atoms with E-state index in [1.54, 1.807) is 17.5 Å². The van der Waals surface area contributed by atoms with Crippen LogP contribution in [-0.2, 0) is 6.54 Å². The Morgan fingerprint density at radius 2 is 2.12 bits per heavy atom. The van der Waals surface area contributed by atoms with Crippen molar-refractivity contribution in [3.05, 3.63) is 33.1 Å². The van der Waals surface area contributed by atoms with Gasteiger partial charge in [-0.05, 0) is 25.4 Å². The van der Waals surface area contributed by atoms with Crippen molar-refractivity contribution in [1.29, 1.82) is 0 Å². The molecular weight excluding hydrogens is 244 g/mol. The summed E-state index contributed by atoms with van der Waals surface area (Å²) in [6.45, 7) is 4.63. The number of anilines is 1. The predicted molar refractivity (Wildman–Crippen MR) is 66.0 cm³/mol. The molecule has 0 spiro atoms. The predicted octanol–water partition coefficient (Wildman–Crippen LogP) is 2.82. The van der Waals surface area contributed by atoms with E-state index in [-0.39, 0.29) is 5.28 Å². The van der Waals surface area contributed by atoms with Crippen molar-refractivity contribution >= 4 is 28.8 Å². The SMILES string of the molecule is Cc1cnc(CNc2nc(Cl)ncc2C)s1. The Hall–Kier alpha value is -1.20. The molecule has 2 rings (SSSR count). The lowest BCUT2D eigenvalue weighted by molar-refractivity contribution is 1.04. The van der Waals surface area contributed by atoms with E-state index in [9.17, 15) is 0 Å². The number of hydrogen-bond acceptors (Lipinski definition) is 5. The van der Waals surface area contributed by atoms with Crippen LogP contribution < -0.4 is 5.32 Å². The zero-order valence-electron chi connectivity index (χ0n) is 8.99. The molecule has 2 aromatic heterocycles. The molecule has 2 heterocycles. The van der Waals surface area contributed by atoms with Crippen LogP contribution >= 0.6 is 22.9 Å². The number of rotatable bonds is 3. The van der Waals surface area contributed by atoms with Crippen molar-refractivity contribution in [3.63, 3.8) is 0 Å². The number of nitrogens with one attached hydrogen (secondary N) is 1. The average molecular weight is 255 g/mol. The van der Waals surface area contributed by atoms with E-state index < -0.39 is 0 Å². The second kappa shape index (κ2) is 4.76. The van der Waals surface area contributed by atoms with Gasteiger partial charge in [0.15, 0.2) is 0 Å². The number of aryl methyl sites for hydroxylation is 2. The average Bonchev–Trinajstić information content (AvgIpc) is 2.66.